The molecule has 0 N–H and O–H groups in total. The van der Waals surface area contributed by atoms with E-state index in [1.165, 1.54) is 13.3 Å². The summed E-state index contributed by atoms with van der Waals surface area (Å²) < 4.78 is 25.9. The van der Waals surface area contributed by atoms with E-state index in [1.54, 1.807) is 6.33 Å². The highest BCUT2D eigenvalue weighted by Gasteiger charge is 2.60. The molecule has 2 aliphatic heterocycles. The van der Waals surface area contributed by atoms with Crippen molar-refractivity contribution in [2.75, 3.05) is 19.8 Å². The van der Waals surface area contributed by atoms with Crippen LogP contribution in [-0.2, 0) is 30.3 Å². The van der Waals surface area contributed by atoms with Crippen molar-refractivity contribution in [1.82, 2.24) is 19.5 Å². The summed E-state index contributed by atoms with van der Waals surface area (Å²) in [6.45, 7) is 2.46. The van der Waals surface area contributed by atoms with Crippen LogP contribution in [0.5, 0.6) is 0 Å². The SMILES string of the molecule is CC(=O)OC[C@]12COCC(C1OCc1ccccc1)[C@H](n1cnc3c(Cl)ncnc31)O2. The van der Waals surface area contributed by atoms with Crippen molar-refractivity contribution in [1.29, 1.82) is 0 Å². The molecule has 162 valence electrons. The van der Waals surface area contributed by atoms with E-state index in [0.29, 0.717) is 24.4 Å². The molecule has 2 bridgehead atoms. The molecule has 2 fully saturated rings. The number of esters is 1. The molecule has 0 spiro atoms. The Labute approximate surface area is 183 Å². The second-order valence-corrected chi connectivity index (χ2v) is 8.10. The molecule has 2 unspecified atom stereocenters. The van der Waals surface area contributed by atoms with E-state index in [9.17, 15) is 4.79 Å². The number of benzene rings is 1. The molecule has 10 heteroatoms. The number of ether oxygens (including phenoxy) is 4. The van der Waals surface area contributed by atoms with E-state index in [-0.39, 0.29) is 30.4 Å². The highest BCUT2D eigenvalue weighted by Crippen LogP contribution is 2.48. The van der Waals surface area contributed by atoms with Gasteiger partial charge in [0.15, 0.2) is 16.4 Å². The highest BCUT2D eigenvalue weighted by molar-refractivity contribution is 6.33. The predicted molar refractivity (Wildman–Crippen MR) is 109 cm³/mol. The Morgan fingerprint density at radius 3 is 2.94 bits per heavy atom. The maximum Gasteiger partial charge on any atom is 0.302 e. The van der Waals surface area contributed by atoms with Crippen LogP contribution in [0.25, 0.3) is 11.2 Å². The number of nitrogens with zero attached hydrogens (tertiary/aromatic N) is 4. The van der Waals surface area contributed by atoms with Crippen LogP contribution in [0, 0.1) is 5.92 Å². The Morgan fingerprint density at radius 2 is 2.13 bits per heavy atom. The predicted octanol–water partition coefficient (Wildman–Crippen LogP) is 2.54. The van der Waals surface area contributed by atoms with Crippen LogP contribution in [0.15, 0.2) is 43.0 Å². The number of carbonyl (C=O) groups excluding carboxylic acids is 1. The molecule has 0 amide bonds. The van der Waals surface area contributed by atoms with Crippen LogP contribution in [0.3, 0.4) is 0 Å². The molecule has 2 aromatic heterocycles. The zero-order valence-electron chi connectivity index (χ0n) is 16.8. The van der Waals surface area contributed by atoms with E-state index in [4.69, 9.17) is 30.5 Å². The second kappa shape index (κ2) is 8.16. The van der Waals surface area contributed by atoms with E-state index in [1.807, 2.05) is 34.9 Å². The first-order chi connectivity index (χ1) is 15.1. The van der Waals surface area contributed by atoms with E-state index >= 15 is 0 Å². The van der Waals surface area contributed by atoms with Crippen LogP contribution in [0.4, 0.5) is 0 Å². The van der Waals surface area contributed by atoms with Crippen molar-refractivity contribution in [2.24, 2.45) is 5.92 Å². The third kappa shape index (κ3) is 3.67. The van der Waals surface area contributed by atoms with Gasteiger partial charge in [0.05, 0.1) is 32.1 Å². The van der Waals surface area contributed by atoms with Gasteiger partial charge < -0.3 is 18.9 Å². The molecule has 31 heavy (non-hydrogen) atoms. The zero-order chi connectivity index (χ0) is 21.4. The Hall–Kier alpha value is -2.59. The summed E-state index contributed by atoms with van der Waals surface area (Å²) in [5.74, 6) is -0.558. The minimum atomic E-state index is -0.943. The minimum Gasteiger partial charge on any atom is -0.463 e. The van der Waals surface area contributed by atoms with Crippen molar-refractivity contribution in [3.8, 4) is 0 Å². The number of aromatic nitrogens is 4. The van der Waals surface area contributed by atoms with E-state index in [0.717, 1.165) is 5.56 Å². The standard InChI is InChI=1S/C21H21ClN4O5/c1-13(27)30-10-21-9-28-8-15(17(21)29-7-14-5-3-2-4-6-14)20(31-21)26-12-25-16-18(22)23-11-24-19(16)26/h2-6,11-12,15,17,20H,7-10H2,1H3/t15?,17?,20-,21-/m1/s1. The van der Waals surface area contributed by atoms with E-state index in [2.05, 4.69) is 15.0 Å². The topological polar surface area (TPSA) is 97.6 Å². The largest absolute Gasteiger partial charge is 0.463 e. The van der Waals surface area contributed by atoms with Crippen molar-refractivity contribution in [3.05, 3.63) is 53.7 Å². The van der Waals surface area contributed by atoms with Crippen LogP contribution < -0.4 is 0 Å². The summed E-state index contributed by atoms with van der Waals surface area (Å²) in [7, 11) is 0. The molecule has 4 atom stereocenters. The molecule has 5 rings (SSSR count). The maximum atomic E-state index is 11.6. The summed E-state index contributed by atoms with van der Waals surface area (Å²) in [4.78, 5) is 24.2. The quantitative estimate of drug-likeness (QED) is 0.422. The summed E-state index contributed by atoms with van der Waals surface area (Å²) in [5, 5.41) is 0.271. The third-order valence-corrected chi connectivity index (χ3v) is 5.94. The maximum absolute atomic E-state index is 11.6. The molecule has 0 aliphatic carbocycles. The number of imidazole rings is 1. The Morgan fingerprint density at radius 1 is 1.29 bits per heavy atom. The fourth-order valence-corrected chi connectivity index (χ4v) is 4.46. The average Bonchev–Trinajstić information content (AvgIpc) is 3.27. The van der Waals surface area contributed by atoms with Crippen LogP contribution in [-0.4, -0.2) is 57.0 Å². The van der Waals surface area contributed by atoms with Gasteiger partial charge >= 0.3 is 5.97 Å². The molecule has 3 aromatic rings. The first-order valence-electron chi connectivity index (χ1n) is 9.95. The summed E-state index contributed by atoms with van der Waals surface area (Å²) in [6, 6.07) is 9.89. The number of hydrogen-bond donors (Lipinski definition) is 0. The molecule has 0 saturated carbocycles. The fraction of sp³-hybridized carbons (Fsp3) is 0.429. The average molecular weight is 445 g/mol. The molecule has 2 aliphatic rings. The summed E-state index contributed by atoms with van der Waals surface area (Å²) >= 11 is 6.17. The Kier molecular flexibility index (Phi) is 5.35. The zero-order valence-corrected chi connectivity index (χ0v) is 17.6. The van der Waals surface area contributed by atoms with Crippen molar-refractivity contribution >= 4 is 28.7 Å². The second-order valence-electron chi connectivity index (χ2n) is 7.74. The van der Waals surface area contributed by atoms with Gasteiger partial charge in [-0.05, 0) is 5.56 Å². The first kappa shape index (κ1) is 20.3. The fourth-order valence-electron chi connectivity index (χ4n) is 4.28. The summed E-state index contributed by atoms with van der Waals surface area (Å²) in [5.41, 5.74) is 1.15. The van der Waals surface area contributed by atoms with Gasteiger partial charge in [0.2, 0.25) is 0 Å². The number of fused-ring (bicyclic) bond motifs is 3. The Bertz CT molecular complexity index is 1090. The Balaban J connectivity index is 1.49. The molecule has 2 saturated heterocycles. The lowest BCUT2D eigenvalue weighted by Crippen LogP contribution is -2.54. The van der Waals surface area contributed by atoms with E-state index < -0.39 is 17.8 Å². The van der Waals surface area contributed by atoms with Gasteiger partial charge in [-0.15, -0.1) is 0 Å². The lowest BCUT2D eigenvalue weighted by molar-refractivity contribution is -0.193. The third-order valence-electron chi connectivity index (χ3n) is 5.67. The van der Waals surface area contributed by atoms with Crippen molar-refractivity contribution < 1.29 is 23.7 Å². The van der Waals surface area contributed by atoms with Crippen molar-refractivity contribution in [2.45, 2.75) is 31.5 Å². The van der Waals surface area contributed by atoms with Crippen LogP contribution in [0.2, 0.25) is 5.15 Å². The number of halogens is 1. The van der Waals surface area contributed by atoms with Gasteiger partial charge in [0.25, 0.3) is 0 Å². The normalized spacial score (nSPS) is 27.5. The monoisotopic (exact) mass is 444 g/mol. The van der Waals surface area contributed by atoms with Gasteiger partial charge in [-0.3, -0.25) is 9.36 Å². The van der Waals surface area contributed by atoms with Crippen molar-refractivity contribution in [3.63, 3.8) is 0 Å². The van der Waals surface area contributed by atoms with Gasteiger partial charge in [-0.1, -0.05) is 41.9 Å². The van der Waals surface area contributed by atoms with Gasteiger partial charge in [-0.25, -0.2) is 15.0 Å². The number of hydrogen-bond acceptors (Lipinski definition) is 8. The van der Waals surface area contributed by atoms with Crippen LogP contribution in [0.1, 0.15) is 18.7 Å². The van der Waals surface area contributed by atoms with Crippen LogP contribution >= 0.6 is 11.6 Å². The highest BCUT2D eigenvalue weighted by atomic mass is 35.5. The molecule has 4 heterocycles. The molecule has 0 radical (unpaired) electrons. The number of rotatable bonds is 6. The lowest BCUT2D eigenvalue weighted by atomic mass is 9.88. The van der Waals surface area contributed by atoms with Gasteiger partial charge in [0, 0.05) is 6.92 Å². The molecular weight excluding hydrogens is 424 g/mol. The summed E-state index contributed by atoms with van der Waals surface area (Å²) in [6.07, 6.45) is 2.18. The first-order valence-corrected chi connectivity index (χ1v) is 10.3. The smallest absolute Gasteiger partial charge is 0.302 e. The molecule has 9 nitrogen and oxygen atoms in total. The lowest BCUT2D eigenvalue weighted by Gasteiger charge is -2.37. The minimum absolute atomic E-state index is 0.0250. The molecular formula is C21H21ClN4O5. The van der Waals surface area contributed by atoms with Gasteiger partial charge in [0.1, 0.15) is 30.8 Å². The van der Waals surface area contributed by atoms with Gasteiger partial charge in [-0.2, -0.15) is 0 Å². The number of carbonyl (C=O) groups is 1. The molecule has 1 aromatic carbocycles.